The number of sulfonamides is 1. The molecule has 0 saturated carbocycles. The average Bonchev–Trinajstić information content (AvgIpc) is 2.65. The average molecular weight is 445 g/mol. The van der Waals surface area contributed by atoms with Gasteiger partial charge in [0.2, 0.25) is 10.0 Å². The summed E-state index contributed by atoms with van der Waals surface area (Å²) in [5, 5.41) is 20.3. The molecule has 8 nitrogen and oxygen atoms in total. The maximum atomic E-state index is 12.3. The van der Waals surface area contributed by atoms with E-state index in [1.54, 1.807) is 37.3 Å². The number of benzene rings is 2. The number of nitro benzene ring substituents is 1. The number of halogens is 1. The Kier molecular flexibility index (Phi) is 7.05. The Morgan fingerprint density at radius 1 is 1.29 bits per heavy atom. The molecule has 0 aliphatic rings. The van der Waals surface area contributed by atoms with Gasteiger partial charge in [-0.25, -0.2) is 13.1 Å². The van der Waals surface area contributed by atoms with Crippen molar-refractivity contribution in [3.63, 3.8) is 0 Å². The highest BCUT2D eigenvalue weighted by Gasteiger charge is 2.35. The zero-order valence-electron chi connectivity index (χ0n) is 14.7. The quantitative estimate of drug-likeness (QED) is 0.345. The van der Waals surface area contributed by atoms with Gasteiger partial charge in [-0.2, -0.15) is 0 Å². The van der Waals surface area contributed by atoms with Gasteiger partial charge in [0, 0.05) is 18.4 Å². The number of hydrogen-bond acceptors (Lipinski definition) is 6. The Balaban J connectivity index is 2.07. The van der Waals surface area contributed by atoms with Gasteiger partial charge in [-0.05, 0) is 24.6 Å². The molecule has 1 unspecified atom stereocenters. The highest BCUT2D eigenvalue weighted by molar-refractivity contribution is 8.01. The Hall–Kier alpha value is -2.14. The third-order valence-corrected chi connectivity index (χ3v) is 7.12. The van der Waals surface area contributed by atoms with Gasteiger partial charge in [0.25, 0.3) is 5.69 Å². The summed E-state index contributed by atoms with van der Waals surface area (Å²) in [4.78, 5) is 21.6. The van der Waals surface area contributed by atoms with Crippen molar-refractivity contribution < 1.29 is 23.2 Å². The number of rotatable bonds is 9. The topological polar surface area (TPSA) is 127 Å². The second-order valence-corrected chi connectivity index (χ2v) is 9.51. The van der Waals surface area contributed by atoms with Gasteiger partial charge in [0.15, 0.2) is 0 Å². The van der Waals surface area contributed by atoms with Crippen molar-refractivity contribution >= 4 is 45.0 Å². The highest BCUT2D eigenvalue weighted by atomic mass is 35.5. The van der Waals surface area contributed by atoms with Gasteiger partial charge >= 0.3 is 5.97 Å². The molecule has 11 heteroatoms. The Bertz CT molecular complexity index is 984. The van der Waals surface area contributed by atoms with E-state index in [-0.39, 0.29) is 22.2 Å². The largest absolute Gasteiger partial charge is 0.480 e. The summed E-state index contributed by atoms with van der Waals surface area (Å²) in [6.45, 7) is 1.49. The lowest BCUT2D eigenvalue weighted by Gasteiger charge is -2.24. The number of thioether (sulfide) groups is 1. The number of carboxylic acids is 1. The van der Waals surface area contributed by atoms with E-state index in [0.29, 0.717) is 5.56 Å². The summed E-state index contributed by atoms with van der Waals surface area (Å²) in [5.74, 6) is -0.869. The van der Waals surface area contributed by atoms with E-state index >= 15 is 0 Å². The smallest absolute Gasteiger partial charge is 0.324 e. The SMILES string of the molecule is CC(SCCNS(=O)(=O)c1ccc(Cl)c([N+](=O)[O-])c1)(C(=O)O)c1ccccc1. The van der Waals surface area contributed by atoms with Crippen molar-refractivity contribution in [2.45, 2.75) is 16.6 Å². The molecule has 0 heterocycles. The van der Waals surface area contributed by atoms with E-state index in [0.717, 1.165) is 30.0 Å². The molecule has 1 atom stereocenters. The first-order valence-corrected chi connectivity index (χ1v) is 10.8. The predicted molar refractivity (Wildman–Crippen MR) is 107 cm³/mol. The van der Waals surface area contributed by atoms with Crippen LogP contribution >= 0.6 is 23.4 Å². The minimum atomic E-state index is -4.01. The molecule has 0 bridgehead atoms. The van der Waals surface area contributed by atoms with Crippen LogP contribution < -0.4 is 4.72 Å². The molecule has 150 valence electrons. The van der Waals surface area contributed by atoms with Gasteiger partial charge in [0.1, 0.15) is 9.77 Å². The predicted octanol–water partition coefficient (Wildman–Crippen LogP) is 3.26. The molecule has 0 radical (unpaired) electrons. The summed E-state index contributed by atoms with van der Waals surface area (Å²) in [7, 11) is -4.01. The van der Waals surface area contributed by atoms with Crippen molar-refractivity contribution in [1.29, 1.82) is 0 Å². The van der Waals surface area contributed by atoms with E-state index in [1.165, 1.54) is 0 Å². The van der Waals surface area contributed by atoms with Crippen LogP contribution in [0.1, 0.15) is 12.5 Å². The maximum absolute atomic E-state index is 12.3. The molecule has 28 heavy (non-hydrogen) atoms. The lowest BCUT2D eigenvalue weighted by Crippen LogP contribution is -2.32. The van der Waals surface area contributed by atoms with Crippen molar-refractivity contribution in [1.82, 2.24) is 4.72 Å². The fraction of sp³-hybridized carbons (Fsp3) is 0.235. The lowest BCUT2D eigenvalue weighted by molar-refractivity contribution is -0.384. The first kappa shape index (κ1) is 22.2. The third kappa shape index (κ3) is 5.02. The second-order valence-electron chi connectivity index (χ2n) is 5.82. The van der Waals surface area contributed by atoms with Crippen LogP contribution in [0.5, 0.6) is 0 Å². The highest BCUT2D eigenvalue weighted by Crippen LogP contribution is 2.36. The zero-order valence-corrected chi connectivity index (χ0v) is 17.1. The number of nitrogens with one attached hydrogen (secondary N) is 1. The first-order valence-electron chi connectivity index (χ1n) is 7.94. The summed E-state index contributed by atoms with van der Waals surface area (Å²) >= 11 is 6.77. The van der Waals surface area contributed by atoms with E-state index in [9.17, 15) is 28.4 Å². The van der Waals surface area contributed by atoms with Gasteiger partial charge in [-0.15, -0.1) is 11.8 Å². The number of hydrogen-bond donors (Lipinski definition) is 2. The fourth-order valence-electron chi connectivity index (χ4n) is 2.34. The number of nitro groups is 1. The third-order valence-electron chi connectivity index (χ3n) is 3.94. The molecule has 0 aliphatic carbocycles. The van der Waals surface area contributed by atoms with Crippen molar-refractivity contribution in [2.24, 2.45) is 0 Å². The molecule has 2 N–H and O–H groups in total. The van der Waals surface area contributed by atoms with Crippen LogP contribution in [-0.4, -0.2) is 36.7 Å². The van der Waals surface area contributed by atoms with Crippen LogP contribution in [0.4, 0.5) is 5.69 Å². The number of carbonyl (C=O) groups is 1. The molecule has 0 fully saturated rings. The molecule has 0 aliphatic heterocycles. The molecule has 0 aromatic heterocycles. The van der Waals surface area contributed by atoms with E-state index in [4.69, 9.17) is 11.6 Å². The maximum Gasteiger partial charge on any atom is 0.324 e. The lowest BCUT2D eigenvalue weighted by atomic mass is 10.0. The Morgan fingerprint density at radius 2 is 1.93 bits per heavy atom. The molecule has 0 saturated heterocycles. The summed E-state index contributed by atoms with van der Waals surface area (Å²) in [5.41, 5.74) is 0.0742. The molecule has 0 amide bonds. The molecule has 2 aromatic carbocycles. The van der Waals surface area contributed by atoms with Gasteiger partial charge in [-0.1, -0.05) is 41.9 Å². The molecular formula is C17H17ClN2O6S2. The zero-order chi connectivity index (χ0) is 20.9. The van der Waals surface area contributed by atoms with Crippen LogP contribution in [0.2, 0.25) is 5.02 Å². The van der Waals surface area contributed by atoms with Gasteiger partial charge in [0.05, 0.1) is 9.82 Å². The fourth-order valence-corrected chi connectivity index (χ4v) is 4.74. The normalized spacial score (nSPS) is 13.6. The Morgan fingerprint density at radius 3 is 2.50 bits per heavy atom. The number of aliphatic carboxylic acids is 1. The Labute approximate surface area is 171 Å². The summed E-state index contributed by atoms with van der Waals surface area (Å²) < 4.78 is 25.8. The summed E-state index contributed by atoms with van der Waals surface area (Å²) in [6.07, 6.45) is 0. The minimum Gasteiger partial charge on any atom is -0.480 e. The van der Waals surface area contributed by atoms with Gasteiger partial charge < -0.3 is 5.11 Å². The van der Waals surface area contributed by atoms with Crippen molar-refractivity contribution in [3.8, 4) is 0 Å². The molecule has 0 spiro atoms. The van der Waals surface area contributed by atoms with Crippen molar-refractivity contribution in [2.75, 3.05) is 12.3 Å². The minimum absolute atomic E-state index is 0.0564. The monoisotopic (exact) mass is 444 g/mol. The second kappa shape index (κ2) is 8.91. The van der Waals surface area contributed by atoms with Crippen molar-refractivity contribution in [3.05, 3.63) is 69.2 Å². The first-order chi connectivity index (χ1) is 13.1. The van der Waals surface area contributed by atoms with Crippen LogP contribution in [-0.2, 0) is 19.6 Å². The van der Waals surface area contributed by atoms with Crippen LogP contribution in [0, 0.1) is 10.1 Å². The molecule has 2 aromatic rings. The van der Waals surface area contributed by atoms with E-state index in [2.05, 4.69) is 4.72 Å². The van der Waals surface area contributed by atoms with E-state index in [1.807, 2.05) is 0 Å². The summed E-state index contributed by atoms with van der Waals surface area (Å²) in [6, 6.07) is 11.8. The molecule has 2 rings (SSSR count). The standard InChI is InChI=1S/C17H17ClN2O6S2/c1-17(16(21)22,12-5-3-2-4-6-12)27-10-9-19-28(25,26)13-7-8-14(18)15(11-13)20(23)24/h2-8,11,19H,9-10H2,1H3,(H,21,22). The number of nitrogens with zero attached hydrogens (tertiary/aromatic N) is 1. The van der Waals surface area contributed by atoms with Crippen LogP contribution in [0.25, 0.3) is 0 Å². The van der Waals surface area contributed by atoms with Crippen LogP contribution in [0.15, 0.2) is 53.4 Å². The van der Waals surface area contributed by atoms with Crippen LogP contribution in [0.3, 0.4) is 0 Å². The number of carboxylic acid groups (broad SMARTS) is 1. The molecular weight excluding hydrogens is 428 g/mol. The van der Waals surface area contributed by atoms with Gasteiger partial charge in [-0.3, -0.25) is 14.9 Å². The van der Waals surface area contributed by atoms with E-state index < -0.39 is 31.4 Å².